The highest BCUT2D eigenvalue weighted by atomic mass is 28.4. The molecule has 0 bridgehead atoms. The molecule has 106 valence electrons. The van der Waals surface area contributed by atoms with E-state index in [9.17, 15) is 0 Å². The summed E-state index contributed by atoms with van der Waals surface area (Å²) >= 11 is 0. The zero-order chi connectivity index (χ0) is 14.3. The van der Waals surface area contributed by atoms with Gasteiger partial charge in [-0.2, -0.15) is 0 Å². The lowest BCUT2D eigenvalue weighted by molar-refractivity contribution is 0.275. The first kappa shape index (κ1) is 15.0. The SMILES string of the molecule is C[Si]1(C)CCCCO1.c1ccc(-c2ccccc2)cc1. The van der Waals surface area contributed by atoms with Crippen LogP contribution in [0.4, 0.5) is 0 Å². The molecule has 0 amide bonds. The molecule has 3 rings (SSSR count). The highest BCUT2D eigenvalue weighted by molar-refractivity contribution is 6.71. The molecule has 0 radical (unpaired) electrons. The predicted octanol–water partition coefficient (Wildman–Crippen LogP) is 5.36. The van der Waals surface area contributed by atoms with E-state index in [1.54, 1.807) is 0 Å². The minimum atomic E-state index is -1.09. The fourth-order valence-corrected chi connectivity index (χ4v) is 4.28. The zero-order valence-corrected chi connectivity index (χ0v) is 13.5. The summed E-state index contributed by atoms with van der Waals surface area (Å²) in [6, 6.07) is 22.1. The van der Waals surface area contributed by atoms with Crippen molar-refractivity contribution in [2.24, 2.45) is 0 Å². The Balaban J connectivity index is 0.000000160. The molecule has 0 aliphatic carbocycles. The van der Waals surface area contributed by atoms with Gasteiger partial charge in [0.15, 0.2) is 8.32 Å². The molecule has 1 aliphatic heterocycles. The lowest BCUT2D eigenvalue weighted by atomic mass is 10.1. The zero-order valence-electron chi connectivity index (χ0n) is 12.5. The fourth-order valence-electron chi connectivity index (χ4n) is 2.33. The van der Waals surface area contributed by atoms with E-state index >= 15 is 0 Å². The van der Waals surface area contributed by atoms with Crippen molar-refractivity contribution in [3.05, 3.63) is 60.7 Å². The topological polar surface area (TPSA) is 9.23 Å². The third-order valence-corrected chi connectivity index (χ3v) is 6.09. The van der Waals surface area contributed by atoms with E-state index in [-0.39, 0.29) is 0 Å². The molecular weight excluding hydrogens is 260 g/mol. The smallest absolute Gasteiger partial charge is 0.186 e. The molecule has 1 heterocycles. The molecule has 2 aromatic rings. The van der Waals surface area contributed by atoms with Crippen LogP contribution in [0.15, 0.2) is 60.7 Å². The Kier molecular flexibility index (Phi) is 5.56. The molecular formula is C18H24OSi. The van der Waals surface area contributed by atoms with Crippen molar-refractivity contribution in [1.82, 2.24) is 0 Å². The Morgan fingerprint density at radius 3 is 1.55 bits per heavy atom. The first-order valence-corrected chi connectivity index (χ1v) is 10.5. The molecule has 1 fully saturated rings. The Morgan fingerprint density at radius 1 is 0.750 bits per heavy atom. The largest absolute Gasteiger partial charge is 0.417 e. The van der Waals surface area contributed by atoms with Crippen LogP contribution < -0.4 is 0 Å². The van der Waals surface area contributed by atoms with Crippen LogP contribution in [0.1, 0.15) is 12.8 Å². The Hall–Kier alpha value is -1.38. The van der Waals surface area contributed by atoms with Crippen LogP contribution in [-0.4, -0.2) is 14.9 Å². The lowest BCUT2D eigenvalue weighted by Crippen LogP contribution is -2.33. The van der Waals surface area contributed by atoms with Gasteiger partial charge in [-0.1, -0.05) is 67.1 Å². The lowest BCUT2D eigenvalue weighted by Gasteiger charge is -2.27. The normalized spacial score (nSPS) is 16.9. The highest BCUT2D eigenvalue weighted by Crippen LogP contribution is 2.20. The molecule has 2 heteroatoms. The summed E-state index contributed by atoms with van der Waals surface area (Å²) in [6.07, 6.45) is 2.69. The first-order valence-electron chi connectivity index (χ1n) is 7.42. The summed E-state index contributed by atoms with van der Waals surface area (Å²) in [5.41, 5.74) is 2.55. The maximum atomic E-state index is 5.60. The van der Waals surface area contributed by atoms with E-state index in [2.05, 4.69) is 61.6 Å². The van der Waals surface area contributed by atoms with Crippen molar-refractivity contribution >= 4 is 8.32 Å². The molecule has 0 aromatic heterocycles. The van der Waals surface area contributed by atoms with Crippen molar-refractivity contribution in [3.8, 4) is 11.1 Å². The van der Waals surface area contributed by atoms with Crippen LogP contribution in [0, 0.1) is 0 Å². The van der Waals surface area contributed by atoms with Gasteiger partial charge in [-0.3, -0.25) is 0 Å². The van der Waals surface area contributed by atoms with Crippen LogP contribution >= 0.6 is 0 Å². The highest BCUT2D eigenvalue weighted by Gasteiger charge is 2.24. The second-order valence-corrected chi connectivity index (χ2v) is 10.1. The molecule has 0 saturated carbocycles. The fraction of sp³-hybridized carbons (Fsp3) is 0.333. The van der Waals surface area contributed by atoms with Crippen molar-refractivity contribution < 1.29 is 4.43 Å². The second kappa shape index (κ2) is 7.41. The van der Waals surface area contributed by atoms with Gasteiger partial charge in [0, 0.05) is 6.61 Å². The third-order valence-electron chi connectivity index (χ3n) is 3.55. The van der Waals surface area contributed by atoms with Gasteiger partial charge in [-0.15, -0.1) is 0 Å². The summed E-state index contributed by atoms with van der Waals surface area (Å²) in [5.74, 6) is 0. The minimum Gasteiger partial charge on any atom is -0.417 e. The number of rotatable bonds is 1. The van der Waals surface area contributed by atoms with Gasteiger partial charge in [0.25, 0.3) is 0 Å². The van der Waals surface area contributed by atoms with Crippen LogP contribution in [-0.2, 0) is 4.43 Å². The van der Waals surface area contributed by atoms with Gasteiger partial charge >= 0.3 is 0 Å². The molecule has 1 nitrogen and oxygen atoms in total. The standard InChI is InChI=1S/C12H10.C6H14OSi/c1-3-7-11(8-4-1)12-9-5-2-6-10-12;1-8(2)6-4-3-5-7-8/h1-10H;3-6H2,1-2H3. The van der Waals surface area contributed by atoms with Crippen molar-refractivity contribution in [2.75, 3.05) is 6.61 Å². The van der Waals surface area contributed by atoms with Gasteiger partial charge in [-0.25, -0.2) is 0 Å². The Labute approximate surface area is 123 Å². The molecule has 0 spiro atoms. The molecule has 20 heavy (non-hydrogen) atoms. The average molecular weight is 284 g/mol. The van der Waals surface area contributed by atoms with E-state index in [0.717, 1.165) is 6.61 Å². The van der Waals surface area contributed by atoms with Crippen LogP contribution in [0.25, 0.3) is 11.1 Å². The summed E-state index contributed by atoms with van der Waals surface area (Å²) in [5, 5.41) is 0. The summed E-state index contributed by atoms with van der Waals surface area (Å²) in [7, 11) is -1.09. The van der Waals surface area contributed by atoms with Crippen molar-refractivity contribution in [3.63, 3.8) is 0 Å². The van der Waals surface area contributed by atoms with Gasteiger partial charge in [0.1, 0.15) is 0 Å². The van der Waals surface area contributed by atoms with Crippen LogP contribution in [0.3, 0.4) is 0 Å². The average Bonchev–Trinajstić information content (AvgIpc) is 2.49. The van der Waals surface area contributed by atoms with Crippen molar-refractivity contribution in [1.29, 1.82) is 0 Å². The Bertz CT molecular complexity index is 448. The molecule has 1 saturated heterocycles. The van der Waals surface area contributed by atoms with Gasteiger partial charge in [0.2, 0.25) is 0 Å². The number of benzene rings is 2. The molecule has 2 aromatic carbocycles. The minimum absolute atomic E-state index is 1.03. The molecule has 0 atom stereocenters. The van der Waals surface area contributed by atoms with Gasteiger partial charge in [-0.05, 0) is 36.7 Å². The summed E-state index contributed by atoms with van der Waals surface area (Å²) in [4.78, 5) is 0. The van der Waals surface area contributed by atoms with Gasteiger partial charge < -0.3 is 4.43 Å². The first-order chi connectivity index (χ1) is 9.67. The van der Waals surface area contributed by atoms with Crippen molar-refractivity contribution in [2.45, 2.75) is 32.0 Å². The van der Waals surface area contributed by atoms with E-state index in [1.165, 1.54) is 30.0 Å². The van der Waals surface area contributed by atoms with E-state index < -0.39 is 8.32 Å². The van der Waals surface area contributed by atoms with E-state index in [0.29, 0.717) is 0 Å². The van der Waals surface area contributed by atoms with Gasteiger partial charge in [0.05, 0.1) is 0 Å². The summed E-state index contributed by atoms with van der Waals surface area (Å²) < 4.78 is 5.60. The van der Waals surface area contributed by atoms with Crippen LogP contribution in [0.5, 0.6) is 0 Å². The second-order valence-electron chi connectivity index (χ2n) is 5.80. The van der Waals surface area contributed by atoms with E-state index in [1.807, 2.05) is 12.1 Å². The Morgan fingerprint density at radius 2 is 1.25 bits per heavy atom. The quantitative estimate of drug-likeness (QED) is 0.641. The van der Waals surface area contributed by atoms with Crippen LogP contribution in [0.2, 0.25) is 19.1 Å². The maximum Gasteiger partial charge on any atom is 0.186 e. The molecule has 0 N–H and O–H groups in total. The van der Waals surface area contributed by atoms with E-state index in [4.69, 9.17) is 4.43 Å². The predicted molar refractivity (Wildman–Crippen MR) is 89.4 cm³/mol. The third kappa shape index (κ3) is 4.95. The monoisotopic (exact) mass is 284 g/mol. The molecule has 1 aliphatic rings. The summed E-state index contributed by atoms with van der Waals surface area (Å²) in [6.45, 7) is 5.62. The number of hydrogen-bond acceptors (Lipinski definition) is 1. The molecule has 0 unspecified atom stereocenters. The maximum absolute atomic E-state index is 5.60. The number of hydrogen-bond donors (Lipinski definition) is 0.